The summed E-state index contributed by atoms with van der Waals surface area (Å²) >= 11 is 0. The second-order valence-corrected chi connectivity index (χ2v) is 10.3. The van der Waals surface area contributed by atoms with Crippen LogP contribution < -0.4 is 9.47 Å². The second-order valence-electron chi connectivity index (χ2n) is 10.3. The zero-order valence-electron chi connectivity index (χ0n) is 22.2. The van der Waals surface area contributed by atoms with Crippen molar-refractivity contribution < 1.29 is 19.4 Å². The normalized spacial score (nSPS) is 17.6. The molecular weight excluding hydrogens is 460 g/mol. The van der Waals surface area contributed by atoms with Gasteiger partial charge in [0.25, 0.3) is 0 Å². The monoisotopic (exact) mass is 500 g/mol. The van der Waals surface area contributed by atoms with Gasteiger partial charge in [0.05, 0.1) is 13.2 Å². The van der Waals surface area contributed by atoms with Crippen molar-refractivity contribution in [3.63, 3.8) is 0 Å². The SMILES string of the molecule is COc1ccc2c(c1)CCC(c1ccccc1)C2c1ccc(OC(C)CCCCCCCC(=O)O)cc1. The number of rotatable bonds is 13. The summed E-state index contributed by atoms with van der Waals surface area (Å²) in [6.07, 6.45) is 8.70. The molecule has 3 aromatic rings. The minimum absolute atomic E-state index is 0.157. The minimum atomic E-state index is -0.698. The number of hydrogen-bond acceptors (Lipinski definition) is 3. The number of aryl methyl sites for hydroxylation is 1. The standard InChI is InChI=1S/C33H40O4/c1-24(11-7-4-3-5-10-14-32(34)35)37-28-18-15-26(16-19-28)33-30(25-12-8-6-9-13-25)21-17-27-23-29(36-2)20-22-31(27)33/h6,8-9,12-13,15-16,18-20,22-24,30,33H,3-5,7,10-11,14,17,21H2,1-2H3,(H,34,35). The molecule has 4 rings (SSSR count). The average Bonchev–Trinajstić information content (AvgIpc) is 2.92. The highest BCUT2D eigenvalue weighted by Crippen LogP contribution is 2.47. The maximum absolute atomic E-state index is 10.6. The molecule has 196 valence electrons. The summed E-state index contributed by atoms with van der Waals surface area (Å²) < 4.78 is 11.7. The van der Waals surface area contributed by atoms with Crippen molar-refractivity contribution in [2.75, 3.05) is 7.11 Å². The molecule has 3 unspecified atom stereocenters. The molecule has 0 heterocycles. The van der Waals surface area contributed by atoms with E-state index in [0.29, 0.717) is 11.8 Å². The van der Waals surface area contributed by atoms with Crippen LogP contribution in [0, 0.1) is 0 Å². The molecule has 0 spiro atoms. The van der Waals surface area contributed by atoms with Gasteiger partial charge < -0.3 is 14.6 Å². The minimum Gasteiger partial charge on any atom is -0.497 e. The molecule has 37 heavy (non-hydrogen) atoms. The van der Waals surface area contributed by atoms with Crippen LogP contribution in [0.15, 0.2) is 72.8 Å². The zero-order valence-corrected chi connectivity index (χ0v) is 22.2. The van der Waals surface area contributed by atoms with Gasteiger partial charge in [0.1, 0.15) is 11.5 Å². The number of aliphatic carboxylic acids is 1. The summed E-state index contributed by atoms with van der Waals surface area (Å²) in [6, 6.07) is 26.2. The summed E-state index contributed by atoms with van der Waals surface area (Å²) in [6.45, 7) is 2.13. The number of hydrogen-bond donors (Lipinski definition) is 1. The number of fused-ring (bicyclic) bond motifs is 1. The van der Waals surface area contributed by atoms with Crippen LogP contribution in [0.25, 0.3) is 0 Å². The maximum atomic E-state index is 10.6. The van der Waals surface area contributed by atoms with Crippen LogP contribution in [0.2, 0.25) is 0 Å². The van der Waals surface area contributed by atoms with Gasteiger partial charge in [0.2, 0.25) is 0 Å². The number of benzene rings is 3. The van der Waals surface area contributed by atoms with E-state index in [1.165, 1.54) is 22.3 Å². The molecule has 3 atom stereocenters. The zero-order chi connectivity index (χ0) is 26.0. The van der Waals surface area contributed by atoms with Crippen molar-refractivity contribution in [3.05, 3.63) is 95.1 Å². The number of ether oxygens (including phenoxy) is 2. The lowest BCUT2D eigenvalue weighted by atomic mass is 9.69. The lowest BCUT2D eigenvalue weighted by Gasteiger charge is -2.35. The van der Waals surface area contributed by atoms with E-state index in [9.17, 15) is 4.79 Å². The first kappa shape index (κ1) is 26.8. The predicted octanol–water partition coefficient (Wildman–Crippen LogP) is 8.14. The highest BCUT2D eigenvalue weighted by Gasteiger charge is 2.32. The van der Waals surface area contributed by atoms with Crippen molar-refractivity contribution in [2.24, 2.45) is 0 Å². The van der Waals surface area contributed by atoms with Gasteiger partial charge in [-0.3, -0.25) is 4.79 Å². The second kappa shape index (κ2) is 13.3. The molecule has 1 N–H and O–H groups in total. The molecule has 1 aliphatic rings. The van der Waals surface area contributed by atoms with E-state index in [4.69, 9.17) is 14.6 Å². The van der Waals surface area contributed by atoms with Crippen molar-refractivity contribution in [2.45, 2.75) is 82.7 Å². The quantitative estimate of drug-likeness (QED) is 0.241. The van der Waals surface area contributed by atoms with Gasteiger partial charge in [-0.2, -0.15) is 0 Å². The van der Waals surface area contributed by atoms with E-state index < -0.39 is 5.97 Å². The van der Waals surface area contributed by atoms with Crippen LogP contribution in [0.4, 0.5) is 0 Å². The Labute approximate surface area is 221 Å². The molecule has 0 amide bonds. The van der Waals surface area contributed by atoms with Crippen molar-refractivity contribution in [1.82, 2.24) is 0 Å². The number of carboxylic acids is 1. The molecule has 4 heteroatoms. The fourth-order valence-electron chi connectivity index (χ4n) is 5.68. The third kappa shape index (κ3) is 7.38. The Morgan fingerprint density at radius 2 is 1.59 bits per heavy atom. The van der Waals surface area contributed by atoms with E-state index in [0.717, 1.165) is 62.9 Å². The fourth-order valence-corrected chi connectivity index (χ4v) is 5.68. The van der Waals surface area contributed by atoms with Crippen molar-refractivity contribution in [1.29, 1.82) is 0 Å². The Hall–Kier alpha value is -3.27. The van der Waals surface area contributed by atoms with Gasteiger partial charge in [0, 0.05) is 12.3 Å². The molecule has 0 saturated heterocycles. The summed E-state index contributed by atoms with van der Waals surface area (Å²) in [7, 11) is 1.73. The van der Waals surface area contributed by atoms with E-state index in [1.54, 1.807) is 7.11 Å². The van der Waals surface area contributed by atoms with Crippen LogP contribution in [-0.2, 0) is 11.2 Å². The van der Waals surface area contributed by atoms with Gasteiger partial charge in [-0.1, -0.05) is 67.8 Å². The molecule has 4 nitrogen and oxygen atoms in total. The van der Waals surface area contributed by atoms with Gasteiger partial charge >= 0.3 is 5.97 Å². The van der Waals surface area contributed by atoms with E-state index >= 15 is 0 Å². The van der Waals surface area contributed by atoms with Crippen LogP contribution in [0.3, 0.4) is 0 Å². The van der Waals surface area contributed by atoms with E-state index in [2.05, 4.69) is 79.7 Å². The predicted molar refractivity (Wildman–Crippen MR) is 149 cm³/mol. The third-order valence-corrected chi connectivity index (χ3v) is 7.62. The average molecular weight is 501 g/mol. The first-order chi connectivity index (χ1) is 18.0. The maximum Gasteiger partial charge on any atom is 0.303 e. The Morgan fingerprint density at radius 3 is 2.32 bits per heavy atom. The molecule has 1 aliphatic carbocycles. The van der Waals surface area contributed by atoms with E-state index in [1.807, 2.05) is 0 Å². The highest BCUT2D eigenvalue weighted by molar-refractivity contribution is 5.66. The summed E-state index contributed by atoms with van der Waals surface area (Å²) in [4.78, 5) is 10.6. The Morgan fingerprint density at radius 1 is 0.892 bits per heavy atom. The topological polar surface area (TPSA) is 55.8 Å². The van der Waals surface area contributed by atoms with Gasteiger partial charge in [-0.25, -0.2) is 0 Å². The molecule has 0 bridgehead atoms. The van der Waals surface area contributed by atoms with Gasteiger partial charge in [-0.05, 0) is 91.5 Å². The number of carboxylic acid groups (broad SMARTS) is 1. The Balaban J connectivity index is 1.40. The lowest BCUT2D eigenvalue weighted by Crippen LogP contribution is -2.20. The summed E-state index contributed by atoms with van der Waals surface area (Å²) in [5.41, 5.74) is 5.49. The first-order valence-electron chi connectivity index (χ1n) is 13.8. The Bertz CT molecular complexity index is 1120. The number of methoxy groups -OCH3 is 1. The Kier molecular flexibility index (Phi) is 9.65. The largest absolute Gasteiger partial charge is 0.497 e. The third-order valence-electron chi connectivity index (χ3n) is 7.62. The molecule has 0 fully saturated rings. The lowest BCUT2D eigenvalue weighted by molar-refractivity contribution is -0.137. The van der Waals surface area contributed by atoms with Crippen LogP contribution in [0.5, 0.6) is 11.5 Å². The molecule has 0 aromatic heterocycles. The van der Waals surface area contributed by atoms with Crippen molar-refractivity contribution in [3.8, 4) is 11.5 Å². The molecule has 3 aromatic carbocycles. The van der Waals surface area contributed by atoms with E-state index in [-0.39, 0.29) is 12.5 Å². The van der Waals surface area contributed by atoms with Crippen molar-refractivity contribution >= 4 is 5.97 Å². The van der Waals surface area contributed by atoms with Crippen LogP contribution >= 0.6 is 0 Å². The smallest absolute Gasteiger partial charge is 0.303 e. The van der Waals surface area contributed by atoms with Crippen LogP contribution in [0.1, 0.15) is 92.4 Å². The fraction of sp³-hybridized carbons (Fsp3) is 0.424. The summed E-state index contributed by atoms with van der Waals surface area (Å²) in [5, 5.41) is 8.73. The number of unbranched alkanes of at least 4 members (excludes halogenated alkanes) is 4. The van der Waals surface area contributed by atoms with Crippen LogP contribution in [-0.4, -0.2) is 24.3 Å². The summed E-state index contributed by atoms with van der Waals surface area (Å²) in [5.74, 6) is 1.87. The van der Waals surface area contributed by atoms with Gasteiger partial charge in [-0.15, -0.1) is 0 Å². The van der Waals surface area contributed by atoms with Gasteiger partial charge in [0.15, 0.2) is 0 Å². The molecule has 0 saturated carbocycles. The number of carbonyl (C=O) groups is 1. The molecular formula is C33H40O4. The molecule has 0 radical (unpaired) electrons. The first-order valence-corrected chi connectivity index (χ1v) is 13.8. The molecule has 0 aliphatic heterocycles. The highest BCUT2D eigenvalue weighted by atomic mass is 16.5.